The molecule has 1 aromatic carbocycles. The lowest BCUT2D eigenvalue weighted by Gasteiger charge is -2.07. The standard InChI is InChI=1S/C13H16N2O2.ClH/c1-9(17)15-8-11(12(14)6-7-16)10-4-2-3-5-13(10)15;/h2-5,8,12,16H,6-7,14H2,1H3;1H/t12-;/m0./s1. The van der Waals surface area contributed by atoms with E-state index in [1.165, 1.54) is 6.92 Å². The Bertz CT molecular complexity index is 551. The molecule has 2 aromatic rings. The topological polar surface area (TPSA) is 68.2 Å². The molecule has 2 rings (SSSR count). The van der Waals surface area contributed by atoms with Crippen LogP contribution in [-0.4, -0.2) is 22.2 Å². The van der Waals surface area contributed by atoms with Crippen LogP contribution in [0.2, 0.25) is 0 Å². The smallest absolute Gasteiger partial charge is 0.227 e. The molecule has 18 heavy (non-hydrogen) atoms. The molecule has 0 aliphatic heterocycles. The van der Waals surface area contributed by atoms with Crippen LogP contribution in [0.3, 0.4) is 0 Å². The summed E-state index contributed by atoms with van der Waals surface area (Å²) in [4.78, 5) is 11.5. The Kier molecular flexibility index (Phi) is 4.90. The minimum Gasteiger partial charge on any atom is -0.396 e. The van der Waals surface area contributed by atoms with Gasteiger partial charge in [-0.1, -0.05) is 18.2 Å². The SMILES string of the molecule is CC(=O)n1cc([C@@H](N)CCO)c2ccccc21.Cl. The number of nitrogens with two attached hydrogens (primary N) is 1. The summed E-state index contributed by atoms with van der Waals surface area (Å²) in [6.45, 7) is 1.56. The van der Waals surface area contributed by atoms with E-state index < -0.39 is 0 Å². The van der Waals surface area contributed by atoms with E-state index in [0.29, 0.717) is 6.42 Å². The van der Waals surface area contributed by atoms with Crippen molar-refractivity contribution in [2.75, 3.05) is 6.61 Å². The van der Waals surface area contributed by atoms with Crippen molar-refractivity contribution in [3.63, 3.8) is 0 Å². The molecule has 1 aromatic heterocycles. The summed E-state index contributed by atoms with van der Waals surface area (Å²) in [7, 11) is 0. The van der Waals surface area contributed by atoms with Crippen molar-refractivity contribution in [1.82, 2.24) is 4.57 Å². The van der Waals surface area contributed by atoms with Crippen LogP contribution >= 0.6 is 12.4 Å². The van der Waals surface area contributed by atoms with E-state index in [1.807, 2.05) is 24.3 Å². The average Bonchev–Trinajstić information content (AvgIpc) is 2.69. The maximum absolute atomic E-state index is 11.5. The predicted octanol–water partition coefficient (Wildman–Crippen LogP) is 2.11. The van der Waals surface area contributed by atoms with Gasteiger partial charge in [0.05, 0.1) is 5.52 Å². The lowest BCUT2D eigenvalue weighted by Crippen LogP contribution is -2.11. The molecule has 0 aliphatic rings. The van der Waals surface area contributed by atoms with E-state index in [-0.39, 0.29) is 31.0 Å². The number of rotatable bonds is 3. The number of hydrogen-bond donors (Lipinski definition) is 2. The zero-order chi connectivity index (χ0) is 12.4. The number of aliphatic hydroxyl groups excluding tert-OH is 1. The van der Waals surface area contributed by atoms with Gasteiger partial charge < -0.3 is 10.8 Å². The molecule has 0 radical (unpaired) electrons. The van der Waals surface area contributed by atoms with Crippen molar-refractivity contribution >= 4 is 29.2 Å². The molecular formula is C13H17ClN2O2. The number of benzene rings is 1. The van der Waals surface area contributed by atoms with Gasteiger partial charge in [-0.2, -0.15) is 0 Å². The predicted molar refractivity (Wildman–Crippen MR) is 74.1 cm³/mol. The maximum atomic E-state index is 11.5. The second kappa shape index (κ2) is 6.00. The molecule has 0 saturated carbocycles. The van der Waals surface area contributed by atoms with Crippen molar-refractivity contribution in [2.24, 2.45) is 5.73 Å². The molecule has 0 aliphatic carbocycles. The molecule has 0 fully saturated rings. The number of aliphatic hydroxyl groups is 1. The van der Waals surface area contributed by atoms with Gasteiger partial charge in [-0.3, -0.25) is 9.36 Å². The number of fused-ring (bicyclic) bond motifs is 1. The molecule has 1 heterocycles. The lowest BCUT2D eigenvalue weighted by molar-refractivity contribution is 0.0941. The first-order chi connectivity index (χ1) is 8.15. The highest BCUT2D eigenvalue weighted by Crippen LogP contribution is 2.26. The quantitative estimate of drug-likeness (QED) is 0.896. The van der Waals surface area contributed by atoms with Gasteiger partial charge in [0.25, 0.3) is 0 Å². The normalized spacial score (nSPS) is 12.2. The Hall–Kier alpha value is -1.36. The summed E-state index contributed by atoms with van der Waals surface area (Å²) >= 11 is 0. The van der Waals surface area contributed by atoms with Gasteiger partial charge in [0.15, 0.2) is 0 Å². The summed E-state index contributed by atoms with van der Waals surface area (Å²) in [6.07, 6.45) is 2.26. The van der Waals surface area contributed by atoms with Gasteiger partial charge in [0, 0.05) is 31.2 Å². The fourth-order valence-corrected chi connectivity index (χ4v) is 2.06. The third-order valence-electron chi connectivity index (χ3n) is 2.92. The third kappa shape index (κ3) is 2.56. The number of carbonyl (C=O) groups is 1. The van der Waals surface area contributed by atoms with Crippen molar-refractivity contribution in [1.29, 1.82) is 0 Å². The molecule has 0 saturated heterocycles. The number of carbonyl (C=O) groups excluding carboxylic acids is 1. The van der Waals surface area contributed by atoms with E-state index in [9.17, 15) is 4.79 Å². The zero-order valence-electron chi connectivity index (χ0n) is 10.2. The number of hydrogen-bond acceptors (Lipinski definition) is 3. The monoisotopic (exact) mass is 268 g/mol. The molecule has 0 spiro atoms. The Morgan fingerprint density at radius 2 is 2.11 bits per heavy atom. The average molecular weight is 269 g/mol. The van der Waals surface area contributed by atoms with Crippen LogP contribution < -0.4 is 5.73 Å². The van der Waals surface area contributed by atoms with Crippen molar-refractivity contribution < 1.29 is 9.90 Å². The Morgan fingerprint density at radius 1 is 1.44 bits per heavy atom. The van der Waals surface area contributed by atoms with Crippen molar-refractivity contribution in [3.8, 4) is 0 Å². The molecule has 0 bridgehead atoms. The first-order valence-corrected chi connectivity index (χ1v) is 5.62. The maximum Gasteiger partial charge on any atom is 0.227 e. The summed E-state index contributed by atoms with van der Waals surface area (Å²) in [6, 6.07) is 7.41. The third-order valence-corrected chi connectivity index (χ3v) is 2.92. The van der Waals surface area contributed by atoms with Gasteiger partial charge in [0.2, 0.25) is 5.91 Å². The Morgan fingerprint density at radius 3 is 2.72 bits per heavy atom. The summed E-state index contributed by atoms with van der Waals surface area (Å²) in [5, 5.41) is 9.91. The molecular weight excluding hydrogens is 252 g/mol. The van der Waals surface area contributed by atoms with Gasteiger partial charge in [-0.25, -0.2) is 0 Å². The van der Waals surface area contributed by atoms with Crippen molar-refractivity contribution in [3.05, 3.63) is 36.0 Å². The van der Waals surface area contributed by atoms with Crippen LogP contribution in [0.4, 0.5) is 0 Å². The van der Waals surface area contributed by atoms with E-state index in [4.69, 9.17) is 10.8 Å². The lowest BCUT2D eigenvalue weighted by atomic mass is 10.0. The van der Waals surface area contributed by atoms with Crippen LogP contribution in [0, 0.1) is 0 Å². The van der Waals surface area contributed by atoms with Crippen LogP contribution in [-0.2, 0) is 0 Å². The van der Waals surface area contributed by atoms with Crippen molar-refractivity contribution in [2.45, 2.75) is 19.4 Å². The summed E-state index contributed by atoms with van der Waals surface area (Å²) in [5.74, 6) is -0.0383. The van der Waals surface area contributed by atoms with Crippen LogP contribution in [0.5, 0.6) is 0 Å². The summed E-state index contributed by atoms with van der Waals surface area (Å²) in [5.41, 5.74) is 7.77. The fraction of sp³-hybridized carbons (Fsp3) is 0.308. The highest BCUT2D eigenvalue weighted by molar-refractivity contribution is 5.93. The van der Waals surface area contributed by atoms with Gasteiger partial charge >= 0.3 is 0 Å². The first kappa shape index (κ1) is 14.7. The number of nitrogens with zero attached hydrogens (tertiary/aromatic N) is 1. The van der Waals surface area contributed by atoms with Gasteiger partial charge in [-0.15, -0.1) is 12.4 Å². The summed E-state index contributed by atoms with van der Waals surface area (Å²) < 4.78 is 1.60. The Balaban J connectivity index is 0.00000162. The Labute approximate surface area is 112 Å². The molecule has 5 heteroatoms. The van der Waals surface area contributed by atoms with Crippen LogP contribution in [0.1, 0.15) is 29.7 Å². The highest BCUT2D eigenvalue weighted by Gasteiger charge is 2.15. The number of halogens is 1. The van der Waals surface area contributed by atoms with Gasteiger partial charge in [0.1, 0.15) is 0 Å². The van der Waals surface area contributed by atoms with E-state index in [2.05, 4.69) is 0 Å². The first-order valence-electron chi connectivity index (χ1n) is 5.62. The second-order valence-corrected chi connectivity index (χ2v) is 4.11. The fourth-order valence-electron chi connectivity index (χ4n) is 2.06. The van der Waals surface area contributed by atoms with E-state index >= 15 is 0 Å². The van der Waals surface area contributed by atoms with E-state index in [1.54, 1.807) is 10.8 Å². The molecule has 3 N–H and O–H groups in total. The van der Waals surface area contributed by atoms with Crippen LogP contribution in [0.15, 0.2) is 30.5 Å². The molecule has 1 atom stereocenters. The largest absolute Gasteiger partial charge is 0.396 e. The number of para-hydroxylation sites is 1. The van der Waals surface area contributed by atoms with E-state index in [0.717, 1.165) is 16.5 Å². The second-order valence-electron chi connectivity index (χ2n) is 4.11. The minimum absolute atomic E-state index is 0. The van der Waals surface area contributed by atoms with Crippen LogP contribution in [0.25, 0.3) is 10.9 Å². The molecule has 0 unspecified atom stereocenters. The van der Waals surface area contributed by atoms with Gasteiger partial charge in [-0.05, 0) is 18.1 Å². The highest BCUT2D eigenvalue weighted by atomic mass is 35.5. The molecule has 0 amide bonds. The minimum atomic E-state index is -0.245. The zero-order valence-corrected chi connectivity index (χ0v) is 11.0. The molecule has 4 nitrogen and oxygen atoms in total. The molecule has 98 valence electrons. The number of aromatic nitrogens is 1.